The maximum absolute atomic E-state index is 14.1. The summed E-state index contributed by atoms with van der Waals surface area (Å²) in [6, 6.07) is 6.38. The normalized spacial score (nSPS) is 27.8. The third kappa shape index (κ3) is 3.00. The molecule has 2 aliphatic rings. The van der Waals surface area contributed by atoms with Crippen molar-refractivity contribution < 1.29 is 4.39 Å². The number of hydrogen-bond donors (Lipinski definition) is 1. The van der Waals surface area contributed by atoms with Crippen LogP contribution in [0.25, 0.3) is 0 Å². The van der Waals surface area contributed by atoms with Crippen LogP contribution in [0, 0.1) is 11.7 Å². The Morgan fingerprint density at radius 2 is 2.20 bits per heavy atom. The predicted octanol–water partition coefficient (Wildman–Crippen LogP) is 3.44. The van der Waals surface area contributed by atoms with Gasteiger partial charge in [0.15, 0.2) is 0 Å². The van der Waals surface area contributed by atoms with E-state index in [1.807, 2.05) is 12.1 Å². The number of hydrogen-bond acceptors (Lipinski definition) is 2. The highest BCUT2D eigenvalue weighted by atomic mass is 35.5. The molecule has 2 atom stereocenters. The first-order valence-electron chi connectivity index (χ1n) is 7.59. The summed E-state index contributed by atoms with van der Waals surface area (Å²) in [5, 5.41) is 3.85. The Bertz CT molecular complexity index is 476. The molecule has 20 heavy (non-hydrogen) atoms. The topological polar surface area (TPSA) is 15.3 Å². The average Bonchev–Trinajstić information content (AvgIpc) is 3.28. The Morgan fingerprint density at radius 1 is 1.40 bits per heavy atom. The Labute approximate surface area is 125 Å². The van der Waals surface area contributed by atoms with Gasteiger partial charge in [-0.2, -0.15) is 0 Å². The molecule has 0 bridgehead atoms. The number of nitrogens with one attached hydrogen (secondary N) is 1. The molecule has 1 aromatic carbocycles. The fourth-order valence-electron chi connectivity index (χ4n) is 3.19. The van der Waals surface area contributed by atoms with Gasteiger partial charge in [-0.05, 0) is 31.2 Å². The molecule has 0 spiro atoms. The minimum absolute atomic E-state index is 0.229. The second-order valence-corrected chi connectivity index (χ2v) is 6.47. The molecule has 1 heterocycles. The molecule has 1 N–H and O–H groups in total. The predicted molar refractivity (Wildman–Crippen MR) is 80.4 cm³/mol. The van der Waals surface area contributed by atoms with Gasteiger partial charge in [0.1, 0.15) is 5.82 Å². The average molecular weight is 297 g/mol. The number of nitrogens with zero attached hydrogens (tertiary/aromatic N) is 1. The van der Waals surface area contributed by atoms with Crippen LogP contribution in [0.5, 0.6) is 0 Å². The van der Waals surface area contributed by atoms with Crippen molar-refractivity contribution in [2.45, 2.75) is 44.8 Å². The van der Waals surface area contributed by atoms with Crippen molar-refractivity contribution in [2.75, 3.05) is 13.1 Å². The molecule has 0 aromatic heterocycles. The Kier molecular flexibility index (Phi) is 4.29. The lowest BCUT2D eigenvalue weighted by molar-refractivity contribution is 0.104. The molecule has 2 unspecified atom stereocenters. The standard InChI is InChI=1S/C16H22ClFN2/c1-2-13-10-20(15(8-19-13)11-6-7-11)9-12-4-3-5-14(17)16(12)18/h3-5,11,13,15,19H,2,6-10H2,1H3. The lowest BCUT2D eigenvalue weighted by Crippen LogP contribution is -2.56. The lowest BCUT2D eigenvalue weighted by Gasteiger charge is -2.40. The number of piperazine rings is 1. The second kappa shape index (κ2) is 6.00. The van der Waals surface area contributed by atoms with Crippen LogP contribution in [0.3, 0.4) is 0 Å². The fourth-order valence-corrected chi connectivity index (χ4v) is 3.38. The fraction of sp³-hybridized carbons (Fsp3) is 0.625. The highest BCUT2D eigenvalue weighted by molar-refractivity contribution is 6.30. The van der Waals surface area contributed by atoms with E-state index in [2.05, 4.69) is 17.1 Å². The van der Waals surface area contributed by atoms with Gasteiger partial charge < -0.3 is 5.32 Å². The summed E-state index contributed by atoms with van der Waals surface area (Å²) >= 11 is 5.89. The van der Waals surface area contributed by atoms with Crippen LogP contribution in [-0.4, -0.2) is 30.1 Å². The molecule has 1 saturated heterocycles. The van der Waals surface area contributed by atoms with Crippen molar-refractivity contribution in [3.05, 3.63) is 34.6 Å². The quantitative estimate of drug-likeness (QED) is 0.915. The third-order valence-corrected chi connectivity index (χ3v) is 4.90. The molecule has 0 amide bonds. The molecule has 1 aromatic rings. The first-order valence-corrected chi connectivity index (χ1v) is 7.97. The molecule has 4 heteroatoms. The smallest absolute Gasteiger partial charge is 0.146 e. The van der Waals surface area contributed by atoms with Gasteiger partial charge in [0.25, 0.3) is 0 Å². The zero-order valence-corrected chi connectivity index (χ0v) is 12.7. The van der Waals surface area contributed by atoms with Crippen molar-refractivity contribution >= 4 is 11.6 Å². The molecule has 1 aliphatic carbocycles. The van der Waals surface area contributed by atoms with Crippen molar-refractivity contribution in [1.82, 2.24) is 10.2 Å². The van der Waals surface area contributed by atoms with Gasteiger partial charge in [0.2, 0.25) is 0 Å². The molecule has 2 fully saturated rings. The maximum Gasteiger partial charge on any atom is 0.146 e. The highest BCUT2D eigenvalue weighted by Gasteiger charge is 2.38. The largest absolute Gasteiger partial charge is 0.311 e. The third-order valence-electron chi connectivity index (χ3n) is 4.60. The Balaban J connectivity index is 1.76. The molecular weight excluding hydrogens is 275 g/mol. The SMILES string of the molecule is CCC1CN(Cc2cccc(Cl)c2F)C(C2CC2)CN1. The summed E-state index contributed by atoms with van der Waals surface area (Å²) in [6.45, 7) is 4.91. The van der Waals surface area contributed by atoms with Crippen LogP contribution < -0.4 is 5.32 Å². The van der Waals surface area contributed by atoms with Gasteiger partial charge in [-0.3, -0.25) is 4.90 Å². The van der Waals surface area contributed by atoms with Crippen LogP contribution >= 0.6 is 11.6 Å². The van der Waals surface area contributed by atoms with E-state index >= 15 is 0 Å². The number of halogens is 2. The molecule has 0 radical (unpaired) electrons. The van der Waals surface area contributed by atoms with Crippen molar-refractivity contribution in [3.8, 4) is 0 Å². The molecular formula is C16H22ClFN2. The van der Waals surface area contributed by atoms with Crippen LogP contribution in [-0.2, 0) is 6.54 Å². The minimum Gasteiger partial charge on any atom is -0.311 e. The lowest BCUT2D eigenvalue weighted by atomic mass is 10.0. The zero-order chi connectivity index (χ0) is 14.1. The Morgan fingerprint density at radius 3 is 2.90 bits per heavy atom. The van der Waals surface area contributed by atoms with Crippen LogP contribution in [0.15, 0.2) is 18.2 Å². The van der Waals surface area contributed by atoms with E-state index in [0.29, 0.717) is 18.6 Å². The summed E-state index contributed by atoms with van der Waals surface area (Å²) in [5.41, 5.74) is 0.722. The summed E-state index contributed by atoms with van der Waals surface area (Å²) < 4.78 is 14.1. The number of benzene rings is 1. The van der Waals surface area contributed by atoms with Gasteiger partial charge in [-0.15, -0.1) is 0 Å². The van der Waals surface area contributed by atoms with E-state index in [9.17, 15) is 4.39 Å². The maximum atomic E-state index is 14.1. The molecule has 110 valence electrons. The minimum atomic E-state index is -0.254. The number of rotatable bonds is 4. The monoisotopic (exact) mass is 296 g/mol. The molecule has 1 saturated carbocycles. The van der Waals surface area contributed by atoms with Gasteiger partial charge in [-0.1, -0.05) is 30.7 Å². The van der Waals surface area contributed by atoms with E-state index in [-0.39, 0.29) is 10.8 Å². The first kappa shape index (κ1) is 14.3. The van der Waals surface area contributed by atoms with Gasteiger partial charge in [0.05, 0.1) is 5.02 Å². The summed E-state index contributed by atoms with van der Waals surface area (Å²) in [6.07, 6.45) is 3.75. The first-order chi connectivity index (χ1) is 9.69. The van der Waals surface area contributed by atoms with Gasteiger partial charge >= 0.3 is 0 Å². The summed E-state index contributed by atoms with van der Waals surface area (Å²) in [7, 11) is 0. The van der Waals surface area contributed by atoms with E-state index in [0.717, 1.165) is 31.0 Å². The summed E-state index contributed by atoms with van der Waals surface area (Å²) in [4.78, 5) is 2.46. The zero-order valence-electron chi connectivity index (χ0n) is 11.9. The van der Waals surface area contributed by atoms with Crippen molar-refractivity contribution in [1.29, 1.82) is 0 Å². The van der Waals surface area contributed by atoms with E-state index < -0.39 is 0 Å². The van der Waals surface area contributed by atoms with Crippen LogP contribution in [0.1, 0.15) is 31.7 Å². The van der Waals surface area contributed by atoms with Crippen molar-refractivity contribution in [2.24, 2.45) is 5.92 Å². The Hall–Kier alpha value is -0.640. The van der Waals surface area contributed by atoms with Gasteiger partial charge in [0, 0.05) is 37.3 Å². The van der Waals surface area contributed by atoms with Crippen LogP contribution in [0.4, 0.5) is 4.39 Å². The summed E-state index contributed by atoms with van der Waals surface area (Å²) in [5.74, 6) is 0.540. The van der Waals surface area contributed by atoms with Crippen molar-refractivity contribution in [3.63, 3.8) is 0 Å². The molecule has 2 nitrogen and oxygen atoms in total. The highest BCUT2D eigenvalue weighted by Crippen LogP contribution is 2.37. The van der Waals surface area contributed by atoms with E-state index in [1.54, 1.807) is 6.07 Å². The van der Waals surface area contributed by atoms with Gasteiger partial charge in [-0.25, -0.2) is 4.39 Å². The molecule has 1 aliphatic heterocycles. The second-order valence-electron chi connectivity index (χ2n) is 6.06. The van der Waals surface area contributed by atoms with E-state index in [4.69, 9.17) is 11.6 Å². The van der Waals surface area contributed by atoms with Crippen LogP contribution in [0.2, 0.25) is 5.02 Å². The molecule has 3 rings (SSSR count). The van der Waals surface area contributed by atoms with E-state index in [1.165, 1.54) is 12.8 Å².